The molecule has 162 valence electrons. The molecule has 0 aliphatic carbocycles. The van der Waals surface area contributed by atoms with E-state index in [1.807, 2.05) is 13.0 Å². The van der Waals surface area contributed by atoms with Crippen LogP contribution >= 0.6 is 11.6 Å². The monoisotopic (exact) mass is 441 g/mol. The summed E-state index contributed by atoms with van der Waals surface area (Å²) in [6.07, 6.45) is 1.35. The Balaban J connectivity index is 1.80. The highest BCUT2D eigenvalue weighted by Crippen LogP contribution is 2.41. The number of likely N-dealkylation sites (tertiary alicyclic amines) is 1. The van der Waals surface area contributed by atoms with Gasteiger partial charge in [-0.05, 0) is 54.8 Å². The first-order valence-corrected chi connectivity index (χ1v) is 10.6. The quantitative estimate of drug-likeness (QED) is 0.316. The molecule has 1 saturated heterocycles. The smallest absolute Gasteiger partial charge is 0.295 e. The molecule has 2 aliphatic rings. The SMILES string of the molecule is COCCCN1C(=O)C(=O)C(=C(O)c2ccc3c(c2)C[C@H](C)O3)[C@@H]1c1cccc(Cl)c1. The molecule has 7 heteroatoms. The first-order valence-electron chi connectivity index (χ1n) is 10.2. The fourth-order valence-corrected chi connectivity index (χ4v) is 4.44. The molecule has 2 aromatic carbocycles. The average Bonchev–Trinajstić information content (AvgIpc) is 3.24. The number of rotatable bonds is 6. The summed E-state index contributed by atoms with van der Waals surface area (Å²) < 4.78 is 10.8. The third-order valence-corrected chi connectivity index (χ3v) is 5.86. The molecular formula is C24H24ClNO5. The summed E-state index contributed by atoms with van der Waals surface area (Å²) in [4.78, 5) is 27.4. The Labute approximate surface area is 186 Å². The van der Waals surface area contributed by atoms with E-state index in [-0.39, 0.29) is 17.4 Å². The van der Waals surface area contributed by atoms with Crippen molar-refractivity contribution in [3.8, 4) is 5.75 Å². The van der Waals surface area contributed by atoms with E-state index in [2.05, 4.69) is 0 Å². The van der Waals surface area contributed by atoms with E-state index in [0.717, 1.165) is 17.7 Å². The third kappa shape index (κ3) is 4.05. The molecule has 0 aromatic heterocycles. The summed E-state index contributed by atoms with van der Waals surface area (Å²) in [5, 5.41) is 11.7. The zero-order chi connectivity index (χ0) is 22.1. The largest absolute Gasteiger partial charge is 0.507 e. The number of fused-ring (bicyclic) bond motifs is 1. The van der Waals surface area contributed by atoms with Crippen molar-refractivity contribution in [3.63, 3.8) is 0 Å². The number of benzene rings is 2. The maximum Gasteiger partial charge on any atom is 0.295 e. The van der Waals surface area contributed by atoms with Crippen LogP contribution in [0.2, 0.25) is 5.02 Å². The second-order valence-corrected chi connectivity index (χ2v) is 8.29. The Morgan fingerprint density at radius 1 is 1.26 bits per heavy atom. The predicted molar refractivity (Wildman–Crippen MR) is 117 cm³/mol. The van der Waals surface area contributed by atoms with Crippen LogP contribution in [0.15, 0.2) is 48.0 Å². The summed E-state index contributed by atoms with van der Waals surface area (Å²) in [5.41, 5.74) is 2.18. The van der Waals surface area contributed by atoms with E-state index >= 15 is 0 Å². The number of methoxy groups -OCH3 is 1. The second-order valence-electron chi connectivity index (χ2n) is 7.85. The molecule has 6 nitrogen and oxygen atoms in total. The molecule has 1 amide bonds. The predicted octanol–water partition coefficient (Wildman–Crippen LogP) is 4.12. The van der Waals surface area contributed by atoms with Crippen LogP contribution in [-0.2, 0) is 20.7 Å². The lowest BCUT2D eigenvalue weighted by molar-refractivity contribution is -0.140. The van der Waals surface area contributed by atoms with Crippen molar-refractivity contribution < 1.29 is 24.2 Å². The van der Waals surface area contributed by atoms with E-state index in [1.165, 1.54) is 4.90 Å². The number of carbonyl (C=O) groups excluding carboxylic acids is 2. The molecule has 0 spiro atoms. The molecule has 0 radical (unpaired) electrons. The van der Waals surface area contributed by atoms with Gasteiger partial charge in [-0.25, -0.2) is 0 Å². The summed E-state index contributed by atoms with van der Waals surface area (Å²) >= 11 is 6.19. The zero-order valence-corrected chi connectivity index (χ0v) is 18.2. The van der Waals surface area contributed by atoms with Crippen LogP contribution in [0.1, 0.15) is 36.1 Å². The lowest BCUT2D eigenvalue weighted by Crippen LogP contribution is -2.31. The molecule has 31 heavy (non-hydrogen) atoms. The fraction of sp³-hybridized carbons (Fsp3) is 0.333. The highest BCUT2D eigenvalue weighted by Gasteiger charge is 2.45. The number of aliphatic hydroxyl groups excluding tert-OH is 1. The number of Topliss-reactive ketones (excluding diaryl/α,β-unsaturated/α-hetero) is 1. The van der Waals surface area contributed by atoms with E-state index in [0.29, 0.717) is 35.7 Å². The number of ether oxygens (including phenoxy) is 2. The van der Waals surface area contributed by atoms with Crippen molar-refractivity contribution in [3.05, 3.63) is 69.8 Å². The van der Waals surface area contributed by atoms with Gasteiger partial charge in [0.15, 0.2) is 0 Å². The zero-order valence-electron chi connectivity index (χ0n) is 17.4. The van der Waals surface area contributed by atoms with Crippen LogP contribution in [0.3, 0.4) is 0 Å². The first-order chi connectivity index (χ1) is 14.9. The van der Waals surface area contributed by atoms with Crippen molar-refractivity contribution in [1.29, 1.82) is 0 Å². The molecule has 2 heterocycles. The van der Waals surface area contributed by atoms with E-state index in [9.17, 15) is 14.7 Å². The molecular weight excluding hydrogens is 418 g/mol. The van der Waals surface area contributed by atoms with Crippen LogP contribution in [0.5, 0.6) is 5.75 Å². The Hall–Kier alpha value is -2.83. The number of amides is 1. The van der Waals surface area contributed by atoms with Gasteiger partial charge in [-0.15, -0.1) is 0 Å². The number of aliphatic hydroxyl groups is 1. The molecule has 0 bridgehead atoms. The Bertz CT molecular complexity index is 1060. The first kappa shape index (κ1) is 21.4. The standard InChI is InChI=1S/C24H24ClNO5/c1-14-11-17-12-16(7-8-19(17)31-14)22(27)20-21(15-5-3-6-18(25)13-15)26(9-4-10-30-2)24(29)23(20)28/h3,5-8,12-14,21,27H,4,9-11H2,1-2H3/t14-,21-/m0/s1. The summed E-state index contributed by atoms with van der Waals surface area (Å²) in [6.45, 7) is 2.75. The van der Waals surface area contributed by atoms with Gasteiger partial charge in [-0.1, -0.05) is 23.7 Å². The van der Waals surface area contributed by atoms with Crippen LogP contribution in [-0.4, -0.2) is 48.1 Å². The Morgan fingerprint density at radius 3 is 2.81 bits per heavy atom. The lowest BCUT2D eigenvalue weighted by Gasteiger charge is -2.25. The van der Waals surface area contributed by atoms with Gasteiger partial charge in [-0.3, -0.25) is 9.59 Å². The van der Waals surface area contributed by atoms with Crippen LogP contribution in [0.25, 0.3) is 5.76 Å². The number of ketones is 1. The second kappa shape index (κ2) is 8.73. The summed E-state index contributed by atoms with van der Waals surface area (Å²) in [7, 11) is 1.58. The van der Waals surface area contributed by atoms with Crippen molar-refractivity contribution in [2.75, 3.05) is 20.3 Å². The maximum atomic E-state index is 13.0. The summed E-state index contributed by atoms with van der Waals surface area (Å²) in [6, 6.07) is 11.6. The van der Waals surface area contributed by atoms with Gasteiger partial charge in [0.25, 0.3) is 11.7 Å². The third-order valence-electron chi connectivity index (χ3n) is 5.62. The maximum absolute atomic E-state index is 13.0. The molecule has 2 atom stereocenters. The molecule has 2 aromatic rings. The van der Waals surface area contributed by atoms with Gasteiger partial charge in [0.2, 0.25) is 0 Å². The molecule has 2 aliphatic heterocycles. The number of carbonyl (C=O) groups is 2. The van der Waals surface area contributed by atoms with Gasteiger partial charge in [0.05, 0.1) is 11.6 Å². The van der Waals surface area contributed by atoms with Crippen molar-refractivity contribution >= 4 is 29.1 Å². The van der Waals surface area contributed by atoms with Crippen molar-refractivity contribution in [2.45, 2.75) is 31.9 Å². The van der Waals surface area contributed by atoms with Crippen molar-refractivity contribution in [1.82, 2.24) is 4.90 Å². The van der Waals surface area contributed by atoms with Crippen LogP contribution in [0.4, 0.5) is 0 Å². The van der Waals surface area contributed by atoms with Gasteiger partial charge in [-0.2, -0.15) is 0 Å². The lowest BCUT2D eigenvalue weighted by atomic mass is 9.94. The normalized spacial score (nSPS) is 22.0. The highest BCUT2D eigenvalue weighted by molar-refractivity contribution is 6.46. The van der Waals surface area contributed by atoms with Crippen LogP contribution in [0, 0.1) is 0 Å². The Morgan fingerprint density at radius 2 is 2.06 bits per heavy atom. The Kier molecular flexibility index (Phi) is 6.03. The number of hydrogen-bond acceptors (Lipinski definition) is 5. The minimum Gasteiger partial charge on any atom is -0.507 e. The molecule has 0 saturated carbocycles. The minimum absolute atomic E-state index is 0.0604. The van der Waals surface area contributed by atoms with E-state index in [4.69, 9.17) is 21.1 Å². The number of halogens is 1. The topological polar surface area (TPSA) is 76.1 Å². The molecule has 0 unspecified atom stereocenters. The minimum atomic E-state index is -0.723. The van der Waals surface area contributed by atoms with Crippen LogP contribution < -0.4 is 4.74 Å². The van der Waals surface area contributed by atoms with Gasteiger partial charge in [0, 0.05) is 37.3 Å². The van der Waals surface area contributed by atoms with E-state index in [1.54, 1.807) is 43.5 Å². The fourth-order valence-electron chi connectivity index (χ4n) is 4.24. The number of hydrogen-bond donors (Lipinski definition) is 1. The van der Waals surface area contributed by atoms with Gasteiger partial charge in [0.1, 0.15) is 17.6 Å². The van der Waals surface area contributed by atoms with E-state index < -0.39 is 17.7 Å². The van der Waals surface area contributed by atoms with Gasteiger partial charge >= 0.3 is 0 Å². The highest BCUT2D eigenvalue weighted by atomic mass is 35.5. The summed E-state index contributed by atoms with van der Waals surface area (Å²) in [5.74, 6) is -0.763. The van der Waals surface area contributed by atoms with Gasteiger partial charge < -0.3 is 19.5 Å². The van der Waals surface area contributed by atoms with Crippen molar-refractivity contribution in [2.24, 2.45) is 0 Å². The average molecular weight is 442 g/mol. The number of nitrogens with zero attached hydrogens (tertiary/aromatic N) is 1. The molecule has 1 fully saturated rings. The molecule has 1 N–H and O–H groups in total. The molecule has 4 rings (SSSR count).